The van der Waals surface area contributed by atoms with Crippen LogP contribution in [0.25, 0.3) is 21.9 Å². The van der Waals surface area contributed by atoms with Crippen LogP contribution >= 0.6 is 0 Å². The second kappa shape index (κ2) is 15.6. The third kappa shape index (κ3) is 7.65. The molecule has 4 aliphatic carbocycles. The molecule has 55 heavy (non-hydrogen) atoms. The first-order chi connectivity index (χ1) is 26.2. The Morgan fingerprint density at radius 1 is 1.07 bits per heavy atom. The maximum atomic E-state index is 13.8. The van der Waals surface area contributed by atoms with Crippen molar-refractivity contribution in [2.45, 2.75) is 151 Å². The fraction of sp³-hybridized carbons (Fsp3) is 0.717. The van der Waals surface area contributed by atoms with Gasteiger partial charge in [0.15, 0.2) is 5.82 Å². The van der Waals surface area contributed by atoms with E-state index in [9.17, 15) is 9.90 Å². The third-order valence-corrected chi connectivity index (χ3v) is 14.7. The number of hydrogen-bond acceptors (Lipinski definition) is 7. The molecule has 0 radical (unpaired) electrons. The van der Waals surface area contributed by atoms with Gasteiger partial charge in [0.05, 0.1) is 35.7 Å². The van der Waals surface area contributed by atoms with E-state index >= 15 is 0 Å². The van der Waals surface area contributed by atoms with Gasteiger partial charge in [-0.1, -0.05) is 71.6 Å². The number of carbonyl (C=O) groups excluding carboxylic acids is 1. The number of hydrogen-bond donors (Lipinski definition) is 2. The summed E-state index contributed by atoms with van der Waals surface area (Å²) in [6.45, 7) is 19.0. The molecule has 3 saturated carbocycles. The second-order valence-electron chi connectivity index (χ2n) is 19.3. The smallest absolute Gasteiger partial charge is 0.413 e. The first-order valence-electron chi connectivity index (χ1n) is 21.5. The van der Waals surface area contributed by atoms with E-state index in [2.05, 4.69) is 46.0 Å². The van der Waals surface area contributed by atoms with Gasteiger partial charge in [0.2, 0.25) is 0 Å². The van der Waals surface area contributed by atoms with Crippen molar-refractivity contribution >= 4 is 33.8 Å². The highest BCUT2D eigenvalue weighted by Crippen LogP contribution is 2.67. The van der Waals surface area contributed by atoms with Crippen LogP contribution in [0.5, 0.6) is 5.75 Å². The van der Waals surface area contributed by atoms with E-state index in [1.807, 2.05) is 29.7 Å². The van der Waals surface area contributed by atoms with E-state index in [1.165, 1.54) is 56.9 Å². The van der Waals surface area contributed by atoms with E-state index in [4.69, 9.17) is 24.2 Å². The summed E-state index contributed by atoms with van der Waals surface area (Å²) < 4.78 is 19.8. The van der Waals surface area contributed by atoms with Crippen molar-refractivity contribution in [3.05, 3.63) is 35.7 Å². The van der Waals surface area contributed by atoms with Gasteiger partial charge in [0.25, 0.3) is 0 Å². The van der Waals surface area contributed by atoms with E-state index in [1.54, 1.807) is 21.0 Å². The van der Waals surface area contributed by atoms with Crippen molar-refractivity contribution < 1.29 is 24.1 Å². The standard InChI is InChI=1S/C46H68N4O5/c1-10-54-26-38-48-40-41(50(38)27-44(5,6)52)39-36(15-12-16-37(39)53-9)47-42(40)49-43(51)55-31-21-23-45(7)30(25-31)17-18-32-34-20-19-33(29(4)14-11-13-28(2)3)46(34,8)24-22-35(32)45/h12,15-17,28-29,31-35,52H,10-11,13-14,18-27H2,1-9H3,(H,47,49,51). The van der Waals surface area contributed by atoms with E-state index in [0.717, 1.165) is 59.8 Å². The minimum atomic E-state index is -1.04. The van der Waals surface area contributed by atoms with E-state index < -0.39 is 11.7 Å². The summed E-state index contributed by atoms with van der Waals surface area (Å²) in [6.07, 6.45) is 15.3. The number of anilines is 1. The summed E-state index contributed by atoms with van der Waals surface area (Å²) >= 11 is 0. The second-order valence-corrected chi connectivity index (χ2v) is 19.3. The van der Waals surface area contributed by atoms with E-state index in [0.29, 0.717) is 46.4 Å². The predicted molar refractivity (Wildman–Crippen MR) is 220 cm³/mol. The van der Waals surface area contributed by atoms with Gasteiger partial charge in [0, 0.05) is 13.0 Å². The minimum absolute atomic E-state index is 0.178. The minimum Gasteiger partial charge on any atom is -0.496 e. The van der Waals surface area contributed by atoms with Crippen LogP contribution in [0.4, 0.5) is 10.6 Å². The molecule has 2 aromatic heterocycles. The van der Waals surface area contributed by atoms with E-state index in [-0.39, 0.29) is 24.7 Å². The number of imidazole rings is 1. The Morgan fingerprint density at radius 3 is 2.60 bits per heavy atom. The molecule has 8 atom stereocenters. The molecule has 2 heterocycles. The van der Waals surface area contributed by atoms with Crippen molar-refractivity contribution in [1.82, 2.24) is 14.5 Å². The SMILES string of the molecule is CCOCc1nc2c(NC(=O)OC3CCC4(C)C(=CCC5C4CCC4(C)C(C(C)CCCC(C)C)CCC54)C3)nc3cccc(OC)c3c2n1CC(C)(C)O. The Morgan fingerprint density at radius 2 is 1.87 bits per heavy atom. The lowest BCUT2D eigenvalue weighted by Gasteiger charge is -2.58. The molecule has 3 fully saturated rings. The molecule has 302 valence electrons. The Balaban J connectivity index is 1.08. The van der Waals surface area contributed by atoms with Crippen molar-refractivity contribution in [2.24, 2.45) is 46.3 Å². The molecule has 2 N–H and O–H groups in total. The Hall–Kier alpha value is -3.17. The van der Waals surface area contributed by atoms with Gasteiger partial charge in [-0.3, -0.25) is 5.32 Å². The highest BCUT2D eigenvalue weighted by molar-refractivity contribution is 6.11. The van der Waals surface area contributed by atoms with Crippen LogP contribution in [0.2, 0.25) is 0 Å². The van der Waals surface area contributed by atoms with Gasteiger partial charge in [-0.2, -0.15) is 0 Å². The van der Waals surface area contributed by atoms with Crippen molar-refractivity contribution in [3.8, 4) is 5.75 Å². The van der Waals surface area contributed by atoms with Crippen LogP contribution < -0.4 is 10.1 Å². The average Bonchev–Trinajstić information content (AvgIpc) is 3.67. The number of aliphatic hydroxyl groups is 1. The predicted octanol–water partition coefficient (Wildman–Crippen LogP) is 10.9. The Kier molecular flexibility index (Phi) is 11.4. The number of fused-ring (bicyclic) bond motifs is 8. The summed E-state index contributed by atoms with van der Waals surface area (Å²) in [5, 5.41) is 14.7. The van der Waals surface area contributed by atoms with Crippen molar-refractivity contribution in [1.29, 1.82) is 0 Å². The van der Waals surface area contributed by atoms with Gasteiger partial charge >= 0.3 is 6.09 Å². The van der Waals surface area contributed by atoms with Gasteiger partial charge in [0.1, 0.15) is 29.8 Å². The number of benzene rings is 1. The molecule has 9 nitrogen and oxygen atoms in total. The van der Waals surface area contributed by atoms with Crippen LogP contribution in [-0.4, -0.2) is 51.2 Å². The molecule has 4 aliphatic rings. The van der Waals surface area contributed by atoms with Crippen molar-refractivity contribution in [2.75, 3.05) is 19.0 Å². The monoisotopic (exact) mass is 757 g/mol. The first kappa shape index (κ1) is 40.0. The fourth-order valence-electron chi connectivity index (χ4n) is 12.1. The molecular weight excluding hydrogens is 689 g/mol. The van der Waals surface area contributed by atoms with Gasteiger partial charge in [-0.05, 0) is 124 Å². The molecule has 7 rings (SSSR count). The molecule has 1 amide bonds. The van der Waals surface area contributed by atoms with Crippen LogP contribution in [-0.2, 0) is 22.6 Å². The molecule has 8 unspecified atom stereocenters. The number of nitrogens with one attached hydrogen (secondary N) is 1. The highest BCUT2D eigenvalue weighted by atomic mass is 16.6. The number of nitrogens with zero attached hydrogens (tertiary/aromatic N) is 3. The van der Waals surface area contributed by atoms with Gasteiger partial charge < -0.3 is 23.9 Å². The summed E-state index contributed by atoms with van der Waals surface area (Å²) in [4.78, 5) is 23.6. The average molecular weight is 757 g/mol. The lowest BCUT2D eigenvalue weighted by Crippen LogP contribution is -2.51. The first-order valence-corrected chi connectivity index (χ1v) is 21.5. The molecule has 0 saturated heterocycles. The zero-order chi connectivity index (χ0) is 39.3. The molecule has 9 heteroatoms. The zero-order valence-corrected chi connectivity index (χ0v) is 35.2. The molecule has 1 aromatic carbocycles. The topological polar surface area (TPSA) is 108 Å². The summed E-state index contributed by atoms with van der Waals surface area (Å²) in [5.74, 6) is 6.38. The molecule has 3 aromatic rings. The highest BCUT2D eigenvalue weighted by Gasteiger charge is 2.59. The summed E-state index contributed by atoms with van der Waals surface area (Å²) in [5.41, 5.74) is 3.00. The molecule has 0 bridgehead atoms. The number of rotatable bonds is 13. The van der Waals surface area contributed by atoms with Gasteiger partial charge in [-0.15, -0.1) is 0 Å². The largest absolute Gasteiger partial charge is 0.496 e. The number of amides is 1. The number of carbonyl (C=O) groups is 1. The number of aromatic nitrogens is 3. The maximum Gasteiger partial charge on any atom is 0.413 e. The van der Waals surface area contributed by atoms with Crippen molar-refractivity contribution in [3.63, 3.8) is 0 Å². The van der Waals surface area contributed by atoms with Crippen LogP contribution in [0.3, 0.4) is 0 Å². The van der Waals surface area contributed by atoms with Crippen LogP contribution in [0.1, 0.15) is 132 Å². The lowest BCUT2D eigenvalue weighted by molar-refractivity contribution is -0.0577. The molecular formula is C46H68N4O5. The number of pyridine rings is 1. The molecule has 0 aliphatic heterocycles. The molecule has 0 spiro atoms. The number of allylic oxidation sites excluding steroid dienone is 1. The van der Waals surface area contributed by atoms with Crippen LogP contribution in [0, 0.1) is 46.3 Å². The fourth-order valence-corrected chi connectivity index (χ4v) is 12.1. The third-order valence-electron chi connectivity index (χ3n) is 14.7. The Labute approximate surface area is 329 Å². The van der Waals surface area contributed by atoms with Gasteiger partial charge in [-0.25, -0.2) is 14.8 Å². The summed E-state index contributed by atoms with van der Waals surface area (Å²) in [6, 6.07) is 5.67. The maximum absolute atomic E-state index is 13.8. The lowest BCUT2D eigenvalue weighted by atomic mass is 9.47. The number of methoxy groups -OCH3 is 1. The quantitative estimate of drug-likeness (QED) is 0.167. The summed E-state index contributed by atoms with van der Waals surface area (Å²) in [7, 11) is 1.63. The Bertz CT molecular complexity index is 1890. The zero-order valence-electron chi connectivity index (χ0n) is 35.2. The normalized spacial score (nSPS) is 29.8. The number of ether oxygens (including phenoxy) is 3. The van der Waals surface area contributed by atoms with Crippen LogP contribution in [0.15, 0.2) is 29.8 Å².